The second-order valence-electron chi connectivity index (χ2n) is 3.15. The van der Waals surface area contributed by atoms with Crippen molar-refractivity contribution in [1.29, 1.82) is 5.26 Å². The van der Waals surface area contributed by atoms with E-state index in [1.54, 1.807) is 0 Å². The van der Waals surface area contributed by atoms with Gasteiger partial charge in [-0.15, -0.1) is 0 Å². The van der Waals surface area contributed by atoms with E-state index in [0.29, 0.717) is 0 Å². The molecular formula is C9H14N2. The number of likely N-dealkylation sites (tertiary alicyclic amines) is 1. The summed E-state index contributed by atoms with van der Waals surface area (Å²) in [5, 5.41) is 8.81. The normalized spacial score (nSPS) is 16.3. The highest BCUT2D eigenvalue weighted by Crippen LogP contribution is 2.16. The number of rotatable bonds is 1. The summed E-state index contributed by atoms with van der Waals surface area (Å²) < 4.78 is 0. The molecule has 1 saturated heterocycles. The largest absolute Gasteiger partial charge is 0.363 e. The van der Waals surface area contributed by atoms with Gasteiger partial charge in [-0.25, -0.2) is 0 Å². The summed E-state index contributed by atoms with van der Waals surface area (Å²) in [5.74, 6) is 0. The highest BCUT2D eigenvalue weighted by molar-refractivity contribution is 5.24. The summed E-state index contributed by atoms with van der Waals surface area (Å²) in [4.78, 5) is 2.18. The SMILES string of the molecule is CC(C)=C(C#N)N1CCCC1. The van der Waals surface area contributed by atoms with E-state index < -0.39 is 0 Å². The smallest absolute Gasteiger partial charge is 0.117 e. The van der Waals surface area contributed by atoms with Gasteiger partial charge in [0.2, 0.25) is 0 Å². The molecule has 0 aromatic heterocycles. The molecule has 0 aromatic rings. The first-order valence-corrected chi connectivity index (χ1v) is 4.08. The molecule has 0 radical (unpaired) electrons. The van der Waals surface area contributed by atoms with Gasteiger partial charge < -0.3 is 4.90 Å². The molecule has 0 saturated carbocycles. The van der Waals surface area contributed by atoms with Gasteiger partial charge in [0.1, 0.15) is 11.8 Å². The van der Waals surface area contributed by atoms with Crippen LogP contribution in [0.5, 0.6) is 0 Å². The quantitative estimate of drug-likeness (QED) is 0.534. The lowest BCUT2D eigenvalue weighted by Crippen LogP contribution is -2.18. The van der Waals surface area contributed by atoms with Gasteiger partial charge in [-0.1, -0.05) is 0 Å². The van der Waals surface area contributed by atoms with E-state index in [4.69, 9.17) is 5.26 Å². The zero-order chi connectivity index (χ0) is 8.27. The minimum atomic E-state index is 0.877. The van der Waals surface area contributed by atoms with Crippen LogP contribution in [0.2, 0.25) is 0 Å². The number of allylic oxidation sites excluding steroid dienone is 2. The topological polar surface area (TPSA) is 27.0 Å². The average Bonchev–Trinajstić information content (AvgIpc) is 2.40. The molecule has 60 valence electrons. The molecule has 1 aliphatic rings. The first kappa shape index (κ1) is 8.13. The third-order valence-corrected chi connectivity index (χ3v) is 2.00. The van der Waals surface area contributed by atoms with E-state index in [9.17, 15) is 0 Å². The molecule has 2 heteroatoms. The lowest BCUT2D eigenvalue weighted by molar-refractivity contribution is 0.438. The average molecular weight is 150 g/mol. The molecular weight excluding hydrogens is 136 g/mol. The fourth-order valence-corrected chi connectivity index (χ4v) is 1.44. The fourth-order valence-electron chi connectivity index (χ4n) is 1.44. The Labute approximate surface area is 68.1 Å². The number of nitriles is 1. The monoisotopic (exact) mass is 150 g/mol. The Morgan fingerprint density at radius 1 is 1.27 bits per heavy atom. The Hall–Kier alpha value is -0.970. The van der Waals surface area contributed by atoms with Crippen molar-refractivity contribution in [2.75, 3.05) is 13.1 Å². The molecule has 0 spiro atoms. The van der Waals surface area contributed by atoms with Crippen molar-refractivity contribution in [1.82, 2.24) is 4.90 Å². The van der Waals surface area contributed by atoms with Crippen LogP contribution in [0, 0.1) is 11.3 Å². The van der Waals surface area contributed by atoms with Crippen molar-refractivity contribution in [3.8, 4) is 6.07 Å². The molecule has 0 aliphatic carbocycles. The van der Waals surface area contributed by atoms with Gasteiger partial charge in [-0.2, -0.15) is 5.26 Å². The van der Waals surface area contributed by atoms with Gasteiger partial charge in [0.25, 0.3) is 0 Å². The molecule has 1 fully saturated rings. The molecule has 0 aromatic carbocycles. The van der Waals surface area contributed by atoms with Crippen molar-refractivity contribution >= 4 is 0 Å². The Bertz CT molecular complexity index is 200. The summed E-state index contributed by atoms with van der Waals surface area (Å²) in [6.45, 7) is 6.12. The Morgan fingerprint density at radius 2 is 1.82 bits per heavy atom. The summed E-state index contributed by atoms with van der Waals surface area (Å²) in [6.07, 6.45) is 2.47. The highest BCUT2D eigenvalue weighted by atomic mass is 15.1. The Kier molecular flexibility index (Phi) is 2.53. The number of nitrogens with zero attached hydrogens (tertiary/aromatic N) is 2. The van der Waals surface area contributed by atoms with Crippen molar-refractivity contribution in [3.63, 3.8) is 0 Å². The van der Waals surface area contributed by atoms with Crippen molar-refractivity contribution in [2.24, 2.45) is 0 Å². The molecule has 1 aliphatic heterocycles. The zero-order valence-electron chi connectivity index (χ0n) is 7.22. The molecule has 0 N–H and O–H groups in total. The molecule has 0 atom stereocenters. The maximum Gasteiger partial charge on any atom is 0.117 e. The van der Waals surface area contributed by atoms with Crippen LogP contribution >= 0.6 is 0 Å². The van der Waals surface area contributed by atoms with E-state index in [2.05, 4.69) is 11.0 Å². The maximum atomic E-state index is 8.81. The van der Waals surface area contributed by atoms with E-state index in [1.165, 1.54) is 12.8 Å². The summed E-state index contributed by atoms with van der Waals surface area (Å²) >= 11 is 0. The fraction of sp³-hybridized carbons (Fsp3) is 0.667. The minimum Gasteiger partial charge on any atom is -0.363 e. The summed E-state index contributed by atoms with van der Waals surface area (Å²) in [5.41, 5.74) is 2.01. The Morgan fingerprint density at radius 3 is 2.18 bits per heavy atom. The van der Waals surface area contributed by atoms with Crippen LogP contribution in [0.1, 0.15) is 26.7 Å². The first-order chi connectivity index (χ1) is 5.25. The van der Waals surface area contributed by atoms with E-state index in [0.717, 1.165) is 24.4 Å². The van der Waals surface area contributed by atoms with E-state index in [1.807, 2.05) is 13.8 Å². The summed E-state index contributed by atoms with van der Waals surface area (Å²) in [6, 6.07) is 2.25. The molecule has 0 unspecified atom stereocenters. The van der Waals surface area contributed by atoms with Crippen molar-refractivity contribution < 1.29 is 0 Å². The third-order valence-electron chi connectivity index (χ3n) is 2.00. The second kappa shape index (κ2) is 3.43. The summed E-state index contributed by atoms with van der Waals surface area (Å²) in [7, 11) is 0. The van der Waals surface area contributed by atoms with Crippen LogP contribution in [0.3, 0.4) is 0 Å². The molecule has 11 heavy (non-hydrogen) atoms. The Balaban J connectivity index is 2.71. The molecule has 1 rings (SSSR count). The van der Waals surface area contributed by atoms with Gasteiger partial charge in [0.05, 0.1) is 0 Å². The van der Waals surface area contributed by atoms with E-state index >= 15 is 0 Å². The van der Waals surface area contributed by atoms with Gasteiger partial charge in [0.15, 0.2) is 0 Å². The van der Waals surface area contributed by atoms with Gasteiger partial charge in [0, 0.05) is 13.1 Å². The van der Waals surface area contributed by atoms with E-state index in [-0.39, 0.29) is 0 Å². The van der Waals surface area contributed by atoms with Gasteiger partial charge in [-0.3, -0.25) is 0 Å². The van der Waals surface area contributed by atoms with Crippen molar-refractivity contribution in [2.45, 2.75) is 26.7 Å². The second-order valence-corrected chi connectivity index (χ2v) is 3.15. The van der Waals surface area contributed by atoms with Crippen LogP contribution < -0.4 is 0 Å². The molecule has 0 amide bonds. The van der Waals surface area contributed by atoms with Gasteiger partial charge >= 0.3 is 0 Å². The maximum absolute atomic E-state index is 8.81. The highest BCUT2D eigenvalue weighted by Gasteiger charge is 2.14. The lowest BCUT2D eigenvalue weighted by atomic mass is 10.2. The van der Waals surface area contributed by atoms with Crippen LogP contribution in [0.4, 0.5) is 0 Å². The van der Waals surface area contributed by atoms with Crippen LogP contribution in [0.15, 0.2) is 11.3 Å². The molecule has 0 bridgehead atoms. The van der Waals surface area contributed by atoms with Gasteiger partial charge in [-0.05, 0) is 32.3 Å². The van der Waals surface area contributed by atoms with Crippen molar-refractivity contribution in [3.05, 3.63) is 11.3 Å². The number of hydrogen-bond donors (Lipinski definition) is 0. The minimum absolute atomic E-state index is 0.877. The molecule has 2 nitrogen and oxygen atoms in total. The standard InChI is InChI=1S/C9H14N2/c1-8(2)9(7-10)11-5-3-4-6-11/h3-6H2,1-2H3. The third kappa shape index (κ3) is 1.74. The molecule has 1 heterocycles. The predicted octanol–water partition coefficient (Wildman–Crippen LogP) is 1.90. The lowest BCUT2D eigenvalue weighted by Gasteiger charge is -2.16. The first-order valence-electron chi connectivity index (χ1n) is 4.08. The van der Waals surface area contributed by atoms with Crippen LogP contribution in [-0.4, -0.2) is 18.0 Å². The van der Waals surface area contributed by atoms with Crippen LogP contribution in [0.25, 0.3) is 0 Å². The predicted molar refractivity (Wildman–Crippen MR) is 44.8 cm³/mol. The van der Waals surface area contributed by atoms with Crippen LogP contribution in [-0.2, 0) is 0 Å². The zero-order valence-corrected chi connectivity index (χ0v) is 7.22. The number of hydrogen-bond acceptors (Lipinski definition) is 2.